The van der Waals surface area contributed by atoms with Gasteiger partial charge >= 0.3 is 0 Å². The summed E-state index contributed by atoms with van der Waals surface area (Å²) < 4.78 is 39.5. The number of halogens is 3. The lowest BCUT2D eigenvalue weighted by Gasteiger charge is -2.15. The highest BCUT2D eigenvalue weighted by molar-refractivity contribution is 5.37. The molecule has 1 N–H and O–H groups in total. The second kappa shape index (κ2) is 6.31. The molecule has 112 valence electrons. The molecule has 2 aromatic rings. The SMILES string of the molecule is CCc1ccc(C(O)c2cc(F)c(F)c(F)c2)cc1CC. The summed E-state index contributed by atoms with van der Waals surface area (Å²) in [4.78, 5) is 0. The number of hydrogen-bond acceptors (Lipinski definition) is 1. The fourth-order valence-electron chi connectivity index (χ4n) is 2.42. The van der Waals surface area contributed by atoms with E-state index < -0.39 is 23.6 Å². The Hall–Kier alpha value is -1.81. The molecule has 0 saturated carbocycles. The average Bonchev–Trinajstić information content (AvgIpc) is 2.50. The molecule has 0 heterocycles. The molecule has 1 unspecified atom stereocenters. The molecule has 0 aliphatic carbocycles. The van der Waals surface area contributed by atoms with Crippen molar-refractivity contribution in [2.75, 3.05) is 0 Å². The molecule has 0 amide bonds. The molecular weight excluding hydrogens is 277 g/mol. The van der Waals surface area contributed by atoms with Crippen molar-refractivity contribution >= 4 is 0 Å². The lowest BCUT2D eigenvalue weighted by molar-refractivity contribution is 0.218. The Labute approximate surface area is 122 Å². The first-order valence-corrected chi connectivity index (χ1v) is 6.92. The van der Waals surface area contributed by atoms with Gasteiger partial charge in [0.15, 0.2) is 17.5 Å². The molecule has 21 heavy (non-hydrogen) atoms. The molecule has 4 heteroatoms. The van der Waals surface area contributed by atoms with Gasteiger partial charge in [0.25, 0.3) is 0 Å². The summed E-state index contributed by atoms with van der Waals surface area (Å²) in [6, 6.07) is 7.09. The van der Waals surface area contributed by atoms with E-state index in [1.165, 1.54) is 5.56 Å². The van der Waals surface area contributed by atoms with Gasteiger partial charge < -0.3 is 5.11 Å². The summed E-state index contributed by atoms with van der Waals surface area (Å²) >= 11 is 0. The second-order valence-corrected chi connectivity index (χ2v) is 4.94. The van der Waals surface area contributed by atoms with E-state index in [1.807, 2.05) is 26.0 Å². The predicted molar refractivity (Wildman–Crippen MR) is 75.6 cm³/mol. The maximum atomic E-state index is 13.3. The van der Waals surface area contributed by atoms with Gasteiger partial charge in [-0.3, -0.25) is 0 Å². The number of hydrogen-bond donors (Lipinski definition) is 1. The summed E-state index contributed by atoms with van der Waals surface area (Å²) in [7, 11) is 0. The monoisotopic (exact) mass is 294 g/mol. The maximum Gasteiger partial charge on any atom is 0.194 e. The minimum Gasteiger partial charge on any atom is -0.384 e. The van der Waals surface area contributed by atoms with Gasteiger partial charge in [-0.2, -0.15) is 0 Å². The van der Waals surface area contributed by atoms with Crippen LogP contribution in [0.1, 0.15) is 42.2 Å². The van der Waals surface area contributed by atoms with Gasteiger partial charge in [-0.05, 0) is 47.2 Å². The number of benzene rings is 2. The van der Waals surface area contributed by atoms with E-state index >= 15 is 0 Å². The topological polar surface area (TPSA) is 20.2 Å². The molecule has 1 atom stereocenters. The molecular formula is C17H17F3O. The van der Waals surface area contributed by atoms with Crippen molar-refractivity contribution in [3.05, 3.63) is 70.0 Å². The van der Waals surface area contributed by atoms with E-state index in [0.29, 0.717) is 5.56 Å². The number of aliphatic hydroxyl groups is 1. The third-order valence-corrected chi connectivity index (χ3v) is 3.63. The number of rotatable bonds is 4. The Morgan fingerprint density at radius 3 is 1.95 bits per heavy atom. The van der Waals surface area contributed by atoms with Crippen LogP contribution >= 0.6 is 0 Å². The molecule has 0 aliphatic rings. The highest BCUT2D eigenvalue weighted by Gasteiger charge is 2.17. The van der Waals surface area contributed by atoms with Crippen molar-refractivity contribution in [3.63, 3.8) is 0 Å². The first-order chi connectivity index (χ1) is 9.97. The quantitative estimate of drug-likeness (QED) is 0.833. The summed E-state index contributed by atoms with van der Waals surface area (Å²) in [6.45, 7) is 4.04. The van der Waals surface area contributed by atoms with Crippen LogP contribution in [0.4, 0.5) is 13.2 Å². The van der Waals surface area contributed by atoms with E-state index in [2.05, 4.69) is 0 Å². The van der Waals surface area contributed by atoms with Crippen LogP contribution in [0, 0.1) is 17.5 Å². The number of aryl methyl sites for hydroxylation is 2. The Morgan fingerprint density at radius 2 is 1.43 bits per heavy atom. The second-order valence-electron chi connectivity index (χ2n) is 4.94. The van der Waals surface area contributed by atoms with Gasteiger partial charge in [0.2, 0.25) is 0 Å². The van der Waals surface area contributed by atoms with Gasteiger partial charge in [0, 0.05) is 0 Å². The standard InChI is InChI=1S/C17H17F3O/c1-3-10-5-6-12(7-11(10)4-2)17(21)13-8-14(18)16(20)15(19)9-13/h5-9,17,21H,3-4H2,1-2H3. The molecule has 0 fully saturated rings. The zero-order chi connectivity index (χ0) is 15.6. The molecule has 0 radical (unpaired) electrons. The number of aliphatic hydroxyl groups excluding tert-OH is 1. The lowest BCUT2D eigenvalue weighted by atomic mass is 9.95. The van der Waals surface area contributed by atoms with Gasteiger partial charge in [0.1, 0.15) is 6.10 Å². The molecule has 0 aromatic heterocycles. The van der Waals surface area contributed by atoms with Crippen molar-refractivity contribution in [2.45, 2.75) is 32.8 Å². The summed E-state index contributed by atoms with van der Waals surface area (Å²) in [6.07, 6.45) is 0.487. The Bertz CT molecular complexity index is 629. The van der Waals surface area contributed by atoms with Gasteiger partial charge in [-0.1, -0.05) is 32.0 Å². The molecule has 0 aliphatic heterocycles. The first-order valence-electron chi connectivity index (χ1n) is 6.92. The van der Waals surface area contributed by atoms with Gasteiger partial charge in [0.05, 0.1) is 0 Å². The zero-order valence-corrected chi connectivity index (χ0v) is 12.0. The van der Waals surface area contributed by atoms with Crippen molar-refractivity contribution in [2.24, 2.45) is 0 Å². The van der Waals surface area contributed by atoms with Gasteiger partial charge in [-0.25, -0.2) is 13.2 Å². The molecule has 0 bridgehead atoms. The zero-order valence-electron chi connectivity index (χ0n) is 12.0. The largest absolute Gasteiger partial charge is 0.384 e. The fourth-order valence-corrected chi connectivity index (χ4v) is 2.42. The van der Waals surface area contributed by atoms with Gasteiger partial charge in [-0.15, -0.1) is 0 Å². The molecule has 2 rings (SSSR count). The summed E-state index contributed by atoms with van der Waals surface area (Å²) in [5, 5.41) is 10.3. The van der Waals surface area contributed by atoms with Crippen LogP contribution < -0.4 is 0 Å². The van der Waals surface area contributed by atoms with Crippen molar-refractivity contribution in [1.29, 1.82) is 0 Å². The smallest absolute Gasteiger partial charge is 0.194 e. The molecule has 2 aromatic carbocycles. The highest BCUT2D eigenvalue weighted by atomic mass is 19.2. The maximum absolute atomic E-state index is 13.3. The van der Waals surface area contributed by atoms with E-state index in [4.69, 9.17) is 0 Å². The van der Waals surface area contributed by atoms with Crippen LogP contribution in [0.25, 0.3) is 0 Å². The van der Waals surface area contributed by atoms with Crippen LogP contribution in [0.3, 0.4) is 0 Å². The van der Waals surface area contributed by atoms with Crippen LogP contribution in [0.15, 0.2) is 30.3 Å². The van der Waals surface area contributed by atoms with Crippen LogP contribution in [0.2, 0.25) is 0 Å². The van der Waals surface area contributed by atoms with Crippen LogP contribution in [-0.4, -0.2) is 5.11 Å². The summed E-state index contributed by atoms with van der Waals surface area (Å²) in [5.74, 6) is -4.13. The first kappa shape index (κ1) is 15.6. The Kier molecular flexibility index (Phi) is 4.68. The third kappa shape index (κ3) is 3.10. The van der Waals surface area contributed by atoms with Crippen molar-refractivity contribution in [1.82, 2.24) is 0 Å². The highest BCUT2D eigenvalue weighted by Crippen LogP contribution is 2.27. The Morgan fingerprint density at radius 1 is 0.857 bits per heavy atom. The molecule has 1 nitrogen and oxygen atoms in total. The van der Waals surface area contributed by atoms with Crippen molar-refractivity contribution in [3.8, 4) is 0 Å². The molecule has 0 spiro atoms. The predicted octanol–water partition coefficient (Wildman–Crippen LogP) is 4.31. The minimum atomic E-state index is -1.53. The lowest BCUT2D eigenvalue weighted by Crippen LogP contribution is -2.04. The van der Waals surface area contributed by atoms with Crippen LogP contribution in [-0.2, 0) is 12.8 Å². The fraction of sp³-hybridized carbons (Fsp3) is 0.294. The average molecular weight is 294 g/mol. The molecule has 0 saturated heterocycles. The van der Waals surface area contributed by atoms with E-state index in [-0.39, 0.29) is 5.56 Å². The minimum absolute atomic E-state index is 0.00213. The Balaban J connectivity index is 2.42. The van der Waals surface area contributed by atoms with E-state index in [1.54, 1.807) is 6.07 Å². The van der Waals surface area contributed by atoms with Crippen LogP contribution in [0.5, 0.6) is 0 Å². The summed E-state index contributed by atoms with van der Waals surface area (Å²) in [5.41, 5.74) is 2.79. The van der Waals surface area contributed by atoms with E-state index in [0.717, 1.165) is 30.5 Å². The normalized spacial score (nSPS) is 12.5. The van der Waals surface area contributed by atoms with Crippen molar-refractivity contribution < 1.29 is 18.3 Å². The van der Waals surface area contributed by atoms with E-state index in [9.17, 15) is 18.3 Å². The third-order valence-electron chi connectivity index (χ3n) is 3.63.